The van der Waals surface area contributed by atoms with Crippen molar-refractivity contribution in [3.05, 3.63) is 53.6 Å². The standard InChI is InChI=1S/C20H24ClN3O3/c1-4-24(13-19(25)22-16-8-10-18(27-3)11-9-16)14(2)20(26)23-17-7-5-6-15(21)12-17/h5-12,14H,4,13H2,1-3H3,(H,22,25)(H,23,26)/t14-/m1/s1. The fourth-order valence-electron chi connectivity index (χ4n) is 2.56. The zero-order valence-electron chi connectivity index (χ0n) is 15.7. The van der Waals surface area contributed by atoms with Crippen molar-refractivity contribution >= 4 is 34.8 Å². The molecule has 0 aliphatic carbocycles. The van der Waals surface area contributed by atoms with Gasteiger partial charge in [-0.2, -0.15) is 0 Å². The maximum atomic E-state index is 12.5. The van der Waals surface area contributed by atoms with Crippen LogP contribution in [0.3, 0.4) is 0 Å². The molecule has 6 nitrogen and oxygen atoms in total. The predicted octanol–water partition coefficient (Wildman–Crippen LogP) is 3.64. The second-order valence-corrected chi connectivity index (χ2v) is 6.45. The van der Waals surface area contributed by atoms with Crippen LogP contribution >= 0.6 is 11.6 Å². The average molecular weight is 390 g/mol. The molecule has 0 heterocycles. The van der Waals surface area contributed by atoms with Crippen molar-refractivity contribution in [1.29, 1.82) is 0 Å². The van der Waals surface area contributed by atoms with Crippen LogP contribution in [-0.4, -0.2) is 43.0 Å². The minimum atomic E-state index is -0.476. The van der Waals surface area contributed by atoms with E-state index in [1.807, 2.05) is 6.92 Å². The number of nitrogens with zero attached hydrogens (tertiary/aromatic N) is 1. The lowest BCUT2D eigenvalue weighted by atomic mass is 10.2. The average Bonchev–Trinajstić information content (AvgIpc) is 2.66. The molecule has 0 spiro atoms. The summed E-state index contributed by atoms with van der Waals surface area (Å²) in [5, 5.41) is 6.19. The number of carbonyl (C=O) groups excluding carboxylic acids is 2. The fraction of sp³-hybridized carbons (Fsp3) is 0.300. The summed E-state index contributed by atoms with van der Waals surface area (Å²) in [7, 11) is 1.59. The molecule has 0 aromatic heterocycles. The van der Waals surface area contributed by atoms with Crippen LogP contribution in [0.2, 0.25) is 5.02 Å². The smallest absolute Gasteiger partial charge is 0.241 e. The Morgan fingerprint density at radius 1 is 1.11 bits per heavy atom. The Balaban J connectivity index is 1.93. The topological polar surface area (TPSA) is 70.7 Å². The van der Waals surface area contributed by atoms with Crippen molar-refractivity contribution < 1.29 is 14.3 Å². The number of ether oxygens (including phenoxy) is 1. The van der Waals surface area contributed by atoms with E-state index in [1.165, 1.54) is 0 Å². The number of hydrogen-bond donors (Lipinski definition) is 2. The maximum absolute atomic E-state index is 12.5. The van der Waals surface area contributed by atoms with E-state index >= 15 is 0 Å². The van der Waals surface area contributed by atoms with Crippen LogP contribution in [0.4, 0.5) is 11.4 Å². The lowest BCUT2D eigenvalue weighted by Gasteiger charge is -2.26. The summed E-state index contributed by atoms with van der Waals surface area (Å²) in [4.78, 5) is 26.6. The molecule has 0 unspecified atom stereocenters. The number of nitrogens with one attached hydrogen (secondary N) is 2. The third-order valence-corrected chi connectivity index (χ3v) is 4.38. The Bertz CT molecular complexity index is 780. The summed E-state index contributed by atoms with van der Waals surface area (Å²) in [6.45, 7) is 4.33. The number of benzene rings is 2. The Labute approximate surface area is 164 Å². The van der Waals surface area contributed by atoms with Gasteiger partial charge >= 0.3 is 0 Å². The summed E-state index contributed by atoms with van der Waals surface area (Å²) >= 11 is 5.94. The van der Waals surface area contributed by atoms with E-state index in [9.17, 15) is 9.59 Å². The first-order valence-corrected chi connectivity index (χ1v) is 9.05. The van der Waals surface area contributed by atoms with E-state index in [4.69, 9.17) is 16.3 Å². The summed E-state index contributed by atoms with van der Waals surface area (Å²) < 4.78 is 5.10. The number of amides is 2. The molecule has 2 aromatic carbocycles. The molecular weight excluding hydrogens is 366 g/mol. The number of methoxy groups -OCH3 is 1. The summed E-state index contributed by atoms with van der Waals surface area (Å²) in [6.07, 6.45) is 0. The third kappa shape index (κ3) is 6.27. The van der Waals surface area contributed by atoms with Crippen molar-refractivity contribution in [2.75, 3.05) is 30.8 Å². The quantitative estimate of drug-likeness (QED) is 0.723. The molecule has 144 valence electrons. The van der Waals surface area contributed by atoms with Crippen molar-refractivity contribution in [2.24, 2.45) is 0 Å². The van der Waals surface area contributed by atoms with Crippen LogP contribution < -0.4 is 15.4 Å². The van der Waals surface area contributed by atoms with Gasteiger partial charge in [0.2, 0.25) is 11.8 Å². The van der Waals surface area contributed by atoms with Crippen molar-refractivity contribution in [1.82, 2.24) is 4.90 Å². The number of likely N-dealkylation sites (N-methyl/N-ethyl adjacent to an activating group) is 1. The van der Waals surface area contributed by atoms with Gasteiger partial charge in [-0.25, -0.2) is 0 Å². The van der Waals surface area contributed by atoms with Gasteiger partial charge in [0, 0.05) is 16.4 Å². The minimum Gasteiger partial charge on any atom is -0.497 e. The van der Waals surface area contributed by atoms with Crippen molar-refractivity contribution in [2.45, 2.75) is 19.9 Å². The summed E-state index contributed by atoms with van der Waals surface area (Å²) in [5.74, 6) is 0.329. The van der Waals surface area contributed by atoms with Crippen molar-refractivity contribution in [3.63, 3.8) is 0 Å². The number of hydrogen-bond acceptors (Lipinski definition) is 4. The molecule has 0 saturated heterocycles. The lowest BCUT2D eigenvalue weighted by Crippen LogP contribution is -2.45. The third-order valence-electron chi connectivity index (χ3n) is 4.15. The maximum Gasteiger partial charge on any atom is 0.241 e. The first-order chi connectivity index (χ1) is 12.9. The normalized spacial score (nSPS) is 11.7. The summed E-state index contributed by atoms with van der Waals surface area (Å²) in [6, 6.07) is 13.6. The van der Waals surface area contributed by atoms with Gasteiger partial charge in [-0.1, -0.05) is 24.6 Å². The van der Waals surface area contributed by atoms with Crippen LogP contribution in [-0.2, 0) is 9.59 Å². The molecular formula is C20H24ClN3O3. The SMILES string of the molecule is CCN(CC(=O)Nc1ccc(OC)cc1)[C@H](C)C(=O)Nc1cccc(Cl)c1. The van der Waals surface area contributed by atoms with Crippen LogP contribution in [0.25, 0.3) is 0 Å². The Morgan fingerprint density at radius 2 is 1.81 bits per heavy atom. The molecule has 7 heteroatoms. The molecule has 0 radical (unpaired) electrons. The van der Waals surface area contributed by atoms with Crippen molar-refractivity contribution in [3.8, 4) is 5.75 Å². The molecule has 0 fully saturated rings. The molecule has 2 amide bonds. The van der Waals surface area contributed by atoms with E-state index in [-0.39, 0.29) is 18.4 Å². The Kier molecular flexibility index (Phi) is 7.64. The lowest BCUT2D eigenvalue weighted by molar-refractivity contribution is -0.123. The van der Waals surface area contributed by atoms with Crippen LogP contribution in [0.15, 0.2) is 48.5 Å². The molecule has 0 bridgehead atoms. The first-order valence-electron chi connectivity index (χ1n) is 8.67. The minimum absolute atomic E-state index is 0.104. The zero-order valence-corrected chi connectivity index (χ0v) is 16.4. The number of halogens is 1. The number of anilines is 2. The molecule has 27 heavy (non-hydrogen) atoms. The van der Waals surface area contributed by atoms with Crippen LogP contribution in [0.5, 0.6) is 5.75 Å². The van der Waals surface area contributed by atoms with E-state index in [2.05, 4.69) is 10.6 Å². The number of carbonyl (C=O) groups is 2. The molecule has 2 N–H and O–H groups in total. The summed E-state index contributed by atoms with van der Waals surface area (Å²) in [5.41, 5.74) is 1.30. The Morgan fingerprint density at radius 3 is 2.41 bits per heavy atom. The second-order valence-electron chi connectivity index (χ2n) is 6.02. The molecule has 0 aliphatic heterocycles. The van der Waals surface area contributed by atoms with Crippen LogP contribution in [0, 0.1) is 0 Å². The zero-order chi connectivity index (χ0) is 19.8. The monoisotopic (exact) mass is 389 g/mol. The highest BCUT2D eigenvalue weighted by molar-refractivity contribution is 6.30. The van der Waals surface area contributed by atoms with E-state index < -0.39 is 6.04 Å². The van der Waals surface area contributed by atoms with Crippen LogP contribution in [0.1, 0.15) is 13.8 Å². The van der Waals surface area contributed by atoms with Gasteiger partial charge in [0.1, 0.15) is 5.75 Å². The van der Waals surface area contributed by atoms with Gasteiger partial charge in [-0.3, -0.25) is 14.5 Å². The van der Waals surface area contributed by atoms with Gasteiger partial charge in [-0.05, 0) is 55.9 Å². The predicted molar refractivity (Wildman–Crippen MR) is 108 cm³/mol. The van der Waals surface area contributed by atoms with E-state index in [0.717, 1.165) is 5.75 Å². The van der Waals surface area contributed by atoms with E-state index in [0.29, 0.717) is 22.9 Å². The molecule has 0 aliphatic rings. The fourth-order valence-corrected chi connectivity index (χ4v) is 2.75. The van der Waals surface area contributed by atoms with Gasteiger partial charge < -0.3 is 15.4 Å². The number of rotatable bonds is 8. The highest BCUT2D eigenvalue weighted by atomic mass is 35.5. The molecule has 0 saturated carbocycles. The largest absolute Gasteiger partial charge is 0.497 e. The second kappa shape index (κ2) is 9.94. The van der Waals surface area contributed by atoms with E-state index in [1.54, 1.807) is 67.5 Å². The van der Waals surface area contributed by atoms with Gasteiger partial charge in [0.05, 0.1) is 19.7 Å². The highest BCUT2D eigenvalue weighted by Gasteiger charge is 2.22. The van der Waals surface area contributed by atoms with Gasteiger partial charge in [0.25, 0.3) is 0 Å². The molecule has 2 rings (SSSR count). The first kappa shape index (κ1) is 20.7. The van der Waals surface area contributed by atoms with Gasteiger partial charge in [-0.15, -0.1) is 0 Å². The molecule has 1 atom stereocenters. The van der Waals surface area contributed by atoms with Gasteiger partial charge in [0.15, 0.2) is 0 Å². The molecule has 2 aromatic rings. The highest BCUT2D eigenvalue weighted by Crippen LogP contribution is 2.16. The Hall–Kier alpha value is -2.57.